The lowest BCUT2D eigenvalue weighted by atomic mass is 9.73. The van der Waals surface area contributed by atoms with Gasteiger partial charge >= 0.3 is 0 Å². The molecule has 1 aromatic carbocycles. The molecule has 7 heteroatoms. The zero-order valence-corrected chi connectivity index (χ0v) is 20.7. The second-order valence-corrected chi connectivity index (χ2v) is 9.82. The molecule has 0 bridgehead atoms. The molecule has 34 heavy (non-hydrogen) atoms. The second-order valence-electron chi connectivity index (χ2n) is 9.82. The van der Waals surface area contributed by atoms with Crippen LogP contribution in [0.25, 0.3) is 0 Å². The number of hydrogen-bond donors (Lipinski definition) is 0. The number of aryl methyl sites for hydroxylation is 3. The normalized spacial score (nSPS) is 19.5. The van der Waals surface area contributed by atoms with E-state index >= 15 is 0 Å². The van der Waals surface area contributed by atoms with Gasteiger partial charge in [0.15, 0.2) is 0 Å². The van der Waals surface area contributed by atoms with Crippen molar-refractivity contribution in [2.45, 2.75) is 64.8 Å². The van der Waals surface area contributed by atoms with Crippen LogP contribution in [-0.4, -0.2) is 64.5 Å². The number of piperidine rings is 1. The molecule has 2 amide bonds. The summed E-state index contributed by atoms with van der Waals surface area (Å²) in [6, 6.07) is 8.24. The minimum Gasteiger partial charge on any atom is -0.491 e. The van der Waals surface area contributed by atoms with Crippen LogP contribution in [0.4, 0.5) is 0 Å². The standard InChI is InChI=1S/C27H38N4O3/c1-22-28-15-19-30(22)16-11-25(32)31-17-13-27(14-18-31)12-7-3-4-8-23-9-5-6-10-24(23)34-21-20-29(2)26(27)33/h5-6,9-10,15,19H,3-4,7-8,11-14,16-18,20-21H2,1-2H3. The highest BCUT2D eigenvalue weighted by molar-refractivity contribution is 5.83. The van der Waals surface area contributed by atoms with E-state index in [0.29, 0.717) is 39.2 Å². The minimum absolute atomic E-state index is 0.166. The first-order valence-electron chi connectivity index (χ1n) is 12.7. The van der Waals surface area contributed by atoms with Gasteiger partial charge < -0.3 is 19.1 Å². The van der Waals surface area contributed by atoms with Gasteiger partial charge in [-0.15, -0.1) is 0 Å². The number of carbonyl (C=O) groups is 2. The predicted octanol–water partition coefficient (Wildman–Crippen LogP) is 3.84. The maximum absolute atomic E-state index is 13.6. The van der Waals surface area contributed by atoms with Gasteiger partial charge in [0.1, 0.15) is 18.2 Å². The van der Waals surface area contributed by atoms with Crippen molar-refractivity contribution in [1.82, 2.24) is 19.4 Å². The van der Waals surface area contributed by atoms with Gasteiger partial charge in [0.25, 0.3) is 0 Å². The van der Waals surface area contributed by atoms with Crippen LogP contribution in [-0.2, 0) is 22.6 Å². The number of para-hydroxylation sites is 1. The molecule has 2 aromatic rings. The number of likely N-dealkylation sites (N-methyl/N-ethyl adjacent to an activating group) is 1. The van der Waals surface area contributed by atoms with Crippen molar-refractivity contribution >= 4 is 11.8 Å². The van der Waals surface area contributed by atoms with Crippen molar-refractivity contribution in [3.63, 3.8) is 0 Å². The molecule has 2 aliphatic heterocycles. The summed E-state index contributed by atoms with van der Waals surface area (Å²) in [7, 11) is 1.89. The molecule has 184 valence electrons. The highest BCUT2D eigenvalue weighted by atomic mass is 16.5. The van der Waals surface area contributed by atoms with E-state index in [1.54, 1.807) is 6.20 Å². The molecular formula is C27H38N4O3. The zero-order chi connectivity index (χ0) is 24.0. The van der Waals surface area contributed by atoms with E-state index < -0.39 is 0 Å². The fraction of sp³-hybridized carbons (Fsp3) is 0.593. The summed E-state index contributed by atoms with van der Waals surface area (Å²) in [4.78, 5) is 34.5. The molecule has 3 heterocycles. The molecule has 0 atom stereocenters. The number of carbonyl (C=O) groups excluding carboxylic acids is 2. The SMILES string of the molecule is Cc1nccn1CCC(=O)N1CCC2(CCCCCc3ccccc3OCCN(C)C2=O)CC1. The Morgan fingerprint density at radius 1 is 1.09 bits per heavy atom. The van der Waals surface area contributed by atoms with Crippen LogP contribution in [0.5, 0.6) is 5.75 Å². The third-order valence-electron chi connectivity index (χ3n) is 7.62. The Hall–Kier alpha value is -2.83. The quantitative estimate of drug-likeness (QED) is 0.689. The molecule has 1 fully saturated rings. The maximum atomic E-state index is 13.6. The number of rotatable bonds is 3. The van der Waals surface area contributed by atoms with Crippen molar-refractivity contribution in [3.8, 4) is 5.75 Å². The molecule has 0 radical (unpaired) electrons. The topological polar surface area (TPSA) is 67.7 Å². The molecule has 0 N–H and O–H groups in total. The van der Waals surface area contributed by atoms with Gasteiger partial charge in [-0.25, -0.2) is 4.98 Å². The lowest BCUT2D eigenvalue weighted by Crippen LogP contribution is -2.51. The van der Waals surface area contributed by atoms with Crippen molar-refractivity contribution in [3.05, 3.63) is 48.0 Å². The van der Waals surface area contributed by atoms with Gasteiger partial charge in [-0.05, 0) is 50.7 Å². The summed E-state index contributed by atoms with van der Waals surface area (Å²) in [6.07, 6.45) is 10.8. The summed E-state index contributed by atoms with van der Waals surface area (Å²) < 4.78 is 8.07. The zero-order valence-electron chi connectivity index (χ0n) is 20.7. The smallest absolute Gasteiger partial charge is 0.228 e. The Labute approximate surface area is 203 Å². The average molecular weight is 467 g/mol. The highest BCUT2D eigenvalue weighted by Gasteiger charge is 2.43. The summed E-state index contributed by atoms with van der Waals surface area (Å²) in [5, 5.41) is 0. The second kappa shape index (κ2) is 11.1. The molecule has 1 aromatic heterocycles. The Morgan fingerprint density at radius 2 is 1.88 bits per heavy atom. The molecule has 0 aliphatic carbocycles. The van der Waals surface area contributed by atoms with E-state index in [-0.39, 0.29) is 17.2 Å². The van der Waals surface area contributed by atoms with E-state index in [0.717, 1.165) is 56.5 Å². The van der Waals surface area contributed by atoms with Crippen LogP contribution in [0.3, 0.4) is 0 Å². The number of aromatic nitrogens is 2. The number of amides is 2. The van der Waals surface area contributed by atoms with Crippen molar-refractivity contribution in [2.24, 2.45) is 5.41 Å². The lowest BCUT2D eigenvalue weighted by molar-refractivity contribution is -0.148. The number of ether oxygens (including phenoxy) is 1. The third kappa shape index (κ3) is 5.62. The van der Waals surface area contributed by atoms with E-state index in [9.17, 15) is 9.59 Å². The van der Waals surface area contributed by atoms with Gasteiger partial charge in [-0.1, -0.05) is 31.0 Å². The molecule has 7 nitrogen and oxygen atoms in total. The number of nitrogens with zero attached hydrogens (tertiary/aromatic N) is 4. The molecular weight excluding hydrogens is 428 g/mol. The number of benzene rings is 1. The lowest BCUT2D eigenvalue weighted by Gasteiger charge is -2.42. The first-order chi connectivity index (χ1) is 16.5. The molecule has 0 unspecified atom stereocenters. The van der Waals surface area contributed by atoms with E-state index in [1.165, 1.54) is 5.56 Å². The monoisotopic (exact) mass is 466 g/mol. The van der Waals surface area contributed by atoms with Crippen molar-refractivity contribution in [2.75, 3.05) is 33.3 Å². The summed E-state index contributed by atoms with van der Waals surface area (Å²) in [5.41, 5.74) is 0.885. The first-order valence-corrected chi connectivity index (χ1v) is 12.7. The molecule has 1 saturated heterocycles. The molecule has 4 rings (SSSR count). The largest absolute Gasteiger partial charge is 0.491 e. The highest BCUT2D eigenvalue weighted by Crippen LogP contribution is 2.39. The Bertz CT molecular complexity index is 978. The first kappa shape index (κ1) is 24.3. The van der Waals surface area contributed by atoms with Crippen LogP contribution in [0.2, 0.25) is 0 Å². The van der Waals surface area contributed by atoms with Crippen LogP contribution in [0, 0.1) is 12.3 Å². The van der Waals surface area contributed by atoms with Gasteiger partial charge in [0.05, 0.1) is 12.0 Å². The number of imidazole rings is 1. The average Bonchev–Trinajstić information content (AvgIpc) is 3.27. The Morgan fingerprint density at radius 3 is 2.65 bits per heavy atom. The van der Waals surface area contributed by atoms with Crippen LogP contribution < -0.4 is 4.74 Å². The third-order valence-corrected chi connectivity index (χ3v) is 7.62. The van der Waals surface area contributed by atoms with Crippen molar-refractivity contribution in [1.29, 1.82) is 0 Å². The van der Waals surface area contributed by atoms with Gasteiger partial charge in [-0.2, -0.15) is 0 Å². The summed E-state index contributed by atoms with van der Waals surface area (Å²) in [6.45, 7) is 4.98. The van der Waals surface area contributed by atoms with Gasteiger partial charge in [-0.3, -0.25) is 9.59 Å². The molecule has 2 aliphatic rings. The maximum Gasteiger partial charge on any atom is 0.228 e. The van der Waals surface area contributed by atoms with E-state index in [1.807, 2.05) is 46.7 Å². The van der Waals surface area contributed by atoms with E-state index in [2.05, 4.69) is 17.1 Å². The number of likely N-dealkylation sites (tertiary alicyclic amines) is 1. The van der Waals surface area contributed by atoms with Crippen LogP contribution in [0.15, 0.2) is 36.7 Å². The summed E-state index contributed by atoms with van der Waals surface area (Å²) in [5.74, 6) is 2.24. The Balaban J connectivity index is 1.37. The molecule has 1 spiro atoms. The molecule has 0 saturated carbocycles. The van der Waals surface area contributed by atoms with Crippen LogP contribution >= 0.6 is 0 Å². The van der Waals surface area contributed by atoms with Gasteiger partial charge in [0, 0.05) is 45.5 Å². The Kier molecular flexibility index (Phi) is 7.91. The van der Waals surface area contributed by atoms with E-state index in [4.69, 9.17) is 4.74 Å². The number of hydrogen-bond acceptors (Lipinski definition) is 4. The predicted molar refractivity (Wildman–Crippen MR) is 132 cm³/mol. The summed E-state index contributed by atoms with van der Waals surface area (Å²) >= 11 is 0. The number of fused-ring (bicyclic) bond motifs is 1. The van der Waals surface area contributed by atoms with Crippen LogP contribution in [0.1, 0.15) is 56.3 Å². The van der Waals surface area contributed by atoms with Crippen molar-refractivity contribution < 1.29 is 14.3 Å². The fourth-order valence-electron chi connectivity index (χ4n) is 5.37. The fourth-order valence-corrected chi connectivity index (χ4v) is 5.37. The minimum atomic E-state index is -0.368. The van der Waals surface area contributed by atoms with Gasteiger partial charge in [0.2, 0.25) is 11.8 Å².